The number of carbonyl (C=O) groups is 1. The number of imidazole rings is 1. The van der Waals surface area contributed by atoms with Crippen LogP contribution in [0.4, 0.5) is 13.2 Å². The van der Waals surface area contributed by atoms with Gasteiger partial charge in [0.05, 0.1) is 22.8 Å². The van der Waals surface area contributed by atoms with E-state index in [2.05, 4.69) is 29.1 Å². The molecule has 3 rings (SSSR count). The highest BCUT2D eigenvalue weighted by Crippen LogP contribution is 2.31. The van der Waals surface area contributed by atoms with Crippen molar-refractivity contribution < 1.29 is 18.0 Å². The van der Waals surface area contributed by atoms with Crippen LogP contribution in [0.2, 0.25) is 0 Å². The van der Waals surface area contributed by atoms with Crippen LogP contribution in [0.5, 0.6) is 0 Å². The Kier molecular flexibility index (Phi) is 7.02. The van der Waals surface area contributed by atoms with Crippen LogP contribution >= 0.6 is 11.8 Å². The number of amides is 1. The number of hydrogen-bond donors (Lipinski definition) is 1. The van der Waals surface area contributed by atoms with Crippen LogP contribution in [0.15, 0.2) is 47.9 Å². The molecule has 1 amide bonds. The number of pyridine rings is 1. The van der Waals surface area contributed by atoms with E-state index in [1.54, 1.807) is 29.1 Å². The molecule has 30 heavy (non-hydrogen) atoms. The number of hydrogen-bond acceptors (Lipinski definition) is 4. The minimum Gasteiger partial charge on any atom is -0.355 e. The van der Waals surface area contributed by atoms with Crippen LogP contribution in [0.1, 0.15) is 31.4 Å². The maximum atomic E-state index is 13.0. The molecule has 2 aromatic heterocycles. The normalized spacial score (nSPS) is 11.9. The average Bonchev–Trinajstić information content (AvgIpc) is 3.03. The van der Waals surface area contributed by atoms with Crippen molar-refractivity contribution >= 4 is 28.7 Å². The van der Waals surface area contributed by atoms with Gasteiger partial charge in [0.25, 0.3) is 0 Å². The van der Waals surface area contributed by atoms with Crippen molar-refractivity contribution in [3.63, 3.8) is 0 Å². The number of aromatic nitrogens is 3. The molecular weight excluding hydrogens is 413 g/mol. The Morgan fingerprint density at radius 2 is 2.07 bits per heavy atom. The number of fused-ring (bicyclic) bond motifs is 1. The van der Waals surface area contributed by atoms with Crippen LogP contribution in [-0.4, -0.2) is 27.0 Å². The molecule has 9 heteroatoms. The molecule has 5 nitrogen and oxygen atoms in total. The van der Waals surface area contributed by atoms with E-state index >= 15 is 0 Å². The van der Waals surface area contributed by atoms with Gasteiger partial charge in [-0.2, -0.15) is 13.2 Å². The van der Waals surface area contributed by atoms with E-state index in [4.69, 9.17) is 0 Å². The van der Waals surface area contributed by atoms with Gasteiger partial charge >= 0.3 is 6.18 Å². The molecule has 1 N–H and O–H groups in total. The fourth-order valence-corrected chi connectivity index (χ4v) is 3.85. The highest BCUT2D eigenvalue weighted by molar-refractivity contribution is 7.98. The molecule has 0 fully saturated rings. The van der Waals surface area contributed by atoms with E-state index in [-0.39, 0.29) is 12.5 Å². The Balaban J connectivity index is 1.77. The summed E-state index contributed by atoms with van der Waals surface area (Å²) in [5.41, 5.74) is 1.25. The third-order valence-electron chi connectivity index (χ3n) is 4.48. The van der Waals surface area contributed by atoms with Crippen molar-refractivity contribution in [2.45, 2.75) is 43.9 Å². The molecule has 0 unspecified atom stereocenters. The van der Waals surface area contributed by atoms with Gasteiger partial charge in [-0.1, -0.05) is 43.8 Å². The Morgan fingerprint density at radius 3 is 2.80 bits per heavy atom. The molecule has 3 aromatic rings. The summed E-state index contributed by atoms with van der Waals surface area (Å²) in [6.07, 6.45) is -0.246. The molecule has 0 aliphatic heterocycles. The van der Waals surface area contributed by atoms with Gasteiger partial charge in [-0.25, -0.2) is 4.98 Å². The van der Waals surface area contributed by atoms with Gasteiger partial charge in [-0.05, 0) is 30.0 Å². The first-order valence-corrected chi connectivity index (χ1v) is 10.6. The third kappa shape index (κ3) is 5.75. The molecule has 0 saturated carbocycles. The maximum absolute atomic E-state index is 13.0. The highest BCUT2D eigenvalue weighted by Gasteiger charge is 2.30. The van der Waals surface area contributed by atoms with Gasteiger partial charge in [0.15, 0.2) is 5.16 Å². The van der Waals surface area contributed by atoms with Gasteiger partial charge in [-0.3, -0.25) is 9.78 Å². The lowest BCUT2D eigenvalue weighted by Gasteiger charge is -2.11. The number of nitrogens with zero attached hydrogens (tertiary/aromatic N) is 3. The second-order valence-corrected chi connectivity index (χ2v) is 8.31. The zero-order valence-corrected chi connectivity index (χ0v) is 17.6. The Hall–Kier alpha value is -2.55. The molecule has 0 aliphatic rings. The molecule has 160 valence electrons. The lowest BCUT2D eigenvalue weighted by molar-refractivity contribution is -0.137. The number of benzene rings is 1. The Morgan fingerprint density at radius 1 is 1.27 bits per heavy atom. The summed E-state index contributed by atoms with van der Waals surface area (Å²) in [5.74, 6) is 0.650. The minimum absolute atomic E-state index is 0.0746. The minimum atomic E-state index is -4.38. The predicted molar refractivity (Wildman–Crippen MR) is 111 cm³/mol. The van der Waals surface area contributed by atoms with Crippen molar-refractivity contribution in [2.24, 2.45) is 5.92 Å². The number of nitrogens with one attached hydrogen (secondary N) is 1. The zero-order chi connectivity index (χ0) is 21.7. The first kappa shape index (κ1) is 22.1. The number of halogens is 3. The molecule has 1 aromatic carbocycles. The largest absolute Gasteiger partial charge is 0.416 e. The third-order valence-corrected chi connectivity index (χ3v) is 5.53. The molecule has 0 radical (unpaired) electrons. The van der Waals surface area contributed by atoms with Gasteiger partial charge in [0.2, 0.25) is 5.91 Å². The number of rotatable bonds is 8. The molecule has 0 aliphatic carbocycles. The molecule has 0 atom stereocenters. The van der Waals surface area contributed by atoms with E-state index in [1.165, 1.54) is 17.8 Å². The van der Waals surface area contributed by atoms with Crippen molar-refractivity contribution in [2.75, 3.05) is 6.54 Å². The maximum Gasteiger partial charge on any atom is 0.416 e. The van der Waals surface area contributed by atoms with Crippen LogP contribution in [-0.2, 0) is 23.3 Å². The lowest BCUT2D eigenvalue weighted by Crippen LogP contribution is -2.29. The van der Waals surface area contributed by atoms with Crippen LogP contribution in [0, 0.1) is 5.92 Å². The molecule has 0 spiro atoms. The van der Waals surface area contributed by atoms with E-state index < -0.39 is 11.7 Å². The average molecular weight is 437 g/mol. The summed E-state index contributed by atoms with van der Waals surface area (Å²) in [5, 5.41) is 3.46. The molecular formula is C21H23F3N4OS. The second-order valence-electron chi connectivity index (χ2n) is 7.36. The Labute approximate surface area is 177 Å². The zero-order valence-electron chi connectivity index (χ0n) is 16.7. The molecule has 2 heterocycles. The predicted octanol–water partition coefficient (Wildman–Crippen LogP) is 4.90. The van der Waals surface area contributed by atoms with E-state index in [0.717, 1.165) is 18.6 Å². The SMILES string of the molecule is CC(C)CCNC(=O)Cn1c(SCc2cccc(C(F)(F)F)c2)nc2ccncc21. The van der Waals surface area contributed by atoms with Crippen LogP contribution in [0.25, 0.3) is 11.0 Å². The quantitative estimate of drug-likeness (QED) is 0.510. The monoisotopic (exact) mass is 436 g/mol. The summed E-state index contributed by atoms with van der Waals surface area (Å²) < 4.78 is 40.6. The van der Waals surface area contributed by atoms with E-state index in [1.807, 2.05) is 0 Å². The summed E-state index contributed by atoms with van der Waals surface area (Å²) >= 11 is 1.29. The van der Waals surface area contributed by atoms with Gasteiger partial charge in [0.1, 0.15) is 6.54 Å². The summed E-state index contributed by atoms with van der Waals surface area (Å²) in [7, 11) is 0. The van der Waals surface area contributed by atoms with Crippen molar-refractivity contribution in [1.82, 2.24) is 19.9 Å². The number of carbonyl (C=O) groups excluding carboxylic acids is 1. The smallest absolute Gasteiger partial charge is 0.355 e. The summed E-state index contributed by atoms with van der Waals surface area (Å²) in [4.78, 5) is 21.1. The summed E-state index contributed by atoms with van der Waals surface area (Å²) in [6.45, 7) is 4.84. The first-order chi connectivity index (χ1) is 14.2. The van der Waals surface area contributed by atoms with Crippen molar-refractivity contribution in [3.8, 4) is 0 Å². The van der Waals surface area contributed by atoms with Crippen molar-refractivity contribution in [3.05, 3.63) is 53.9 Å². The van der Waals surface area contributed by atoms with Crippen molar-refractivity contribution in [1.29, 1.82) is 0 Å². The first-order valence-electron chi connectivity index (χ1n) is 9.60. The lowest BCUT2D eigenvalue weighted by atomic mass is 10.1. The van der Waals surface area contributed by atoms with E-state index in [9.17, 15) is 18.0 Å². The molecule has 0 saturated heterocycles. The topological polar surface area (TPSA) is 59.8 Å². The fraction of sp³-hybridized carbons (Fsp3) is 0.381. The second kappa shape index (κ2) is 9.51. The number of thioether (sulfide) groups is 1. The molecule has 0 bridgehead atoms. The van der Waals surface area contributed by atoms with Crippen LogP contribution in [0.3, 0.4) is 0 Å². The number of alkyl halides is 3. The van der Waals surface area contributed by atoms with Crippen LogP contribution < -0.4 is 5.32 Å². The summed E-state index contributed by atoms with van der Waals surface area (Å²) in [6, 6.07) is 6.98. The standard InChI is InChI=1S/C21H23F3N4OS/c1-14(2)6-9-26-19(29)12-28-18-11-25-8-7-17(18)27-20(28)30-13-15-4-3-5-16(10-15)21(22,23)24/h3-5,7-8,10-11,14H,6,9,12-13H2,1-2H3,(H,26,29). The highest BCUT2D eigenvalue weighted by atomic mass is 32.2. The van der Waals surface area contributed by atoms with Gasteiger partial charge < -0.3 is 9.88 Å². The van der Waals surface area contributed by atoms with Gasteiger partial charge in [-0.15, -0.1) is 0 Å². The Bertz CT molecular complexity index is 1020. The van der Waals surface area contributed by atoms with Gasteiger partial charge in [0, 0.05) is 18.5 Å². The fourth-order valence-electron chi connectivity index (χ4n) is 2.90. The van der Waals surface area contributed by atoms with E-state index in [0.29, 0.717) is 40.0 Å².